The first-order chi connectivity index (χ1) is 20.8. The second-order valence-electron chi connectivity index (χ2n) is 13.3. The van der Waals surface area contributed by atoms with Crippen LogP contribution < -0.4 is 20.1 Å². The number of amides is 3. The molecule has 45 heavy (non-hydrogen) atoms. The van der Waals surface area contributed by atoms with Crippen LogP contribution in [0.5, 0.6) is 5.75 Å². The molecule has 2 rings (SSSR count). The molecule has 0 aliphatic carbocycles. The summed E-state index contributed by atoms with van der Waals surface area (Å²) in [6.45, 7) is 14.9. The molecule has 3 amide bonds. The number of ether oxygens (including phenoxy) is 1. The minimum Gasteiger partial charge on any atom is -0.497 e. The lowest BCUT2D eigenvalue weighted by molar-refractivity contribution is -0.140. The standard InChI is InChI=1S/C34H50N4O6S/c1-22(2)27(21-23(3)30(39)37-45(42,43)26-19-17-25(44-11)18-20-26)38(10)32(41)29(33(4,5)6)36-31(40)28(35-9)34(7,8)24-15-13-12-14-16-24/h12-22,27-29,35H,1-11H3,(H,36,40)(H,37,39)/b23-21+/t27-,28-,29-/m1/s1. The number of nitrogens with zero attached hydrogens (tertiary/aromatic N) is 1. The molecule has 0 radical (unpaired) electrons. The number of methoxy groups -OCH3 is 1. The van der Waals surface area contributed by atoms with Crippen LogP contribution in [0, 0.1) is 11.3 Å². The Kier molecular flexibility index (Phi) is 12.5. The van der Waals surface area contributed by atoms with Gasteiger partial charge in [0.1, 0.15) is 11.8 Å². The van der Waals surface area contributed by atoms with E-state index < -0.39 is 44.9 Å². The molecule has 0 saturated carbocycles. The van der Waals surface area contributed by atoms with Crippen molar-refractivity contribution >= 4 is 27.7 Å². The van der Waals surface area contributed by atoms with E-state index in [-0.39, 0.29) is 28.2 Å². The molecule has 2 aromatic rings. The van der Waals surface area contributed by atoms with Gasteiger partial charge in [-0.05, 0) is 55.1 Å². The van der Waals surface area contributed by atoms with Crippen LogP contribution in [0.2, 0.25) is 0 Å². The molecule has 0 unspecified atom stereocenters. The molecular formula is C34H50N4O6S. The number of sulfonamides is 1. The van der Waals surface area contributed by atoms with Crippen molar-refractivity contribution in [1.29, 1.82) is 0 Å². The quantitative estimate of drug-likeness (QED) is 0.281. The van der Waals surface area contributed by atoms with Crippen molar-refractivity contribution in [2.24, 2.45) is 11.3 Å². The Morgan fingerprint density at radius 1 is 0.911 bits per heavy atom. The topological polar surface area (TPSA) is 134 Å². The fourth-order valence-corrected chi connectivity index (χ4v) is 6.20. The predicted molar refractivity (Wildman–Crippen MR) is 177 cm³/mol. The third kappa shape index (κ3) is 9.40. The van der Waals surface area contributed by atoms with E-state index >= 15 is 0 Å². The van der Waals surface area contributed by atoms with E-state index in [0.717, 1.165) is 5.56 Å². The summed E-state index contributed by atoms with van der Waals surface area (Å²) in [5.74, 6) is -1.12. The Morgan fingerprint density at radius 2 is 1.47 bits per heavy atom. The molecule has 3 atom stereocenters. The largest absolute Gasteiger partial charge is 0.497 e. The fraction of sp³-hybridized carbons (Fsp3) is 0.500. The molecule has 0 aromatic heterocycles. The molecule has 0 aliphatic rings. The van der Waals surface area contributed by atoms with E-state index in [0.29, 0.717) is 5.75 Å². The number of nitrogens with one attached hydrogen (secondary N) is 3. The maximum absolute atomic E-state index is 14.1. The summed E-state index contributed by atoms with van der Waals surface area (Å²) in [5, 5.41) is 6.15. The number of hydrogen-bond donors (Lipinski definition) is 3. The smallest absolute Gasteiger partial charge is 0.264 e. The van der Waals surface area contributed by atoms with Crippen LogP contribution in [-0.2, 0) is 29.8 Å². The van der Waals surface area contributed by atoms with Crippen LogP contribution >= 0.6 is 0 Å². The molecule has 3 N–H and O–H groups in total. The van der Waals surface area contributed by atoms with Crippen molar-refractivity contribution in [1.82, 2.24) is 20.3 Å². The van der Waals surface area contributed by atoms with Crippen molar-refractivity contribution in [3.8, 4) is 5.75 Å². The average molecular weight is 643 g/mol. The Morgan fingerprint density at radius 3 is 1.93 bits per heavy atom. The van der Waals surface area contributed by atoms with E-state index in [9.17, 15) is 22.8 Å². The molecule has 11 heteroatoms. The first-order valence-electron chi connectivity index (χ1n) is 15.0. The van der Waals surface area contributed by atoms with Gasteiger partial charge in [-0.3, -0.25) is 14.4 Å². The number of likely N-dealkylation sites (N-methyl/N-ethyl adjacent to an activating group) is 2. The summed E-state index contributed by atoms with van der Waals surface area (Å²) in [6, 6.07) is 13.3. The maximum Gasteiger partial charge on any atom is 0.264 e. The fourth-order valence-electron chi connectivity index (χ4n) is 5.18. The monoisotopic (exact) mass is 642 g/mol. The molecule has 0 spiro atoms. The number of carbonyl (C=O) groups is 3. The minimum atomic E-state index is -4.14. The van der Waals surface area contributed by atoms with Gasteiger partial charge in [-0.25, -0.2) is 13.1 Å². The first kappa shape index (κ1) is 37.5. The van der Waals surface area contributed by atoms with E-state index in [2.05, 4.69) is 15.4 Å². The van der Waals surface area contributed by atoms with Gasteiger partial charge in [-0.1, -0.05) is 84.9 Å². The lowest BCUT2D eigenvalue weighted by Crippen LogP contribution is -2.61. The van der Waals surface area contributed by atoms with Gasteiger partial charge in [0.25, 0.3) is 15.9 Å². The SMILES string of the molecule is CN[C@H](C(=O)N[C@H](C(=O)N(C)[C@H](/C=C(\C)C(=O)NS(=O)(=O)c1ccc(OC)cc1)C(C)C)C(C)(C)C)C(C)(C)c1ccccc1. The summed E-state index contributed by atoms with van der Waals surface area (Å²) in [4.78, 5) is 42.3. The normalized spacial score (nSPS) is 14.7. The third-order valence-electron chi connectivity index (χ3n) is 8.04. The molecule has 0 saturated heterocycles. The lowest BCUT2D eigenvalue weighted by Gasteiger charge is -2.40. The zero-order chi connectivity index (χ0) is 34.3. The van der Waals surface area contributed by atoms with Crippen molar-refractivity contribution in [3.05, 3.63) is 71.8 Å². The first-order valence-corrected chi connectivity index (χ1v) is 16.5. The van der Waals surface area contributed by atoms with Gasteiger partial charge in [0.05, 0.1) is 24.1 Å². The van der Waals surface area contributed by atoms with Crippen LogP contribution in [0.25, 0.3) is 0 Å². The second-order valence-corrected chi connectivity index (χ2v) is 14.9. The number of carbonyl (C=O) groups excluding carboxylic acids is 3. The molecule has 2 aromatic carbocycles. The molecule has 248 valence electrons. The molecule has 0 bridgehead atoms. The van der Waals surface area contributed by atoms with E-state index in [1.165, 1.54) is 43.2 Å². The van der Waals surface area contributed by atoms with Gasteiger partial charge >= 0.3 is 0 Å². The third-order valence-corrected chi connectivity index (χ3v) is 9.39. The van der Waals surface area contributed by atoms with Gasteiger partial charge < -0.3 is 20.3 Å². The van der Waals surface area contributed by atoms with E-state index in [1.807, 2.05) is 78.8 Å². The van der Waals surface area contributed by atoms with E-state index in [4.69, 9.17) is 4.74 Å². The zero-order valence-corrected chi connectivity index (χ0v) is 29.2. The summed E-state index contributed by atoms with van der Waals surface area (Å²) >= 11 is 0. The molecule has 0 heterocycles. The van der Waals surface area contributed by atoms with Crippen molar-refractivity contribution < 1.29 is 27.5 Å². The average Bonchev–Trinajstić information content (AvgIpc) is 2.97. The highest BCUT2D eigenvalue weighted by Crippen LogP contribution is 2.29. The Labute approximate surface area is 269 Å². The van der Waals surface area contributed by atoms with Crippen molar-refractivity contribution in [2.45, 2.75) is 83.8 Å². The highest BCUT2D eigenvalue weighted by atomic mass is 32.2. The predicted octanol–water partition coefficient (Wildman–Crippen LogP) is 4.03. The van der Waals surface area contributed by atoms with Crippen LogP contribution in [0.3, 0.4) is 0 Å². The van der Waals surface area contributed by atoms with Gasteiger partial charge in [-0.2, -0.15) is 0 Å². The van der Waals surface area contributed by atoms with Gasteiger partial charge in [0.15, 0.2) is 0 Å². The van der Waals surface area contributed by atoms with Crippen LogP contribution in [-0.4, -0.2) is 70.4 Å². The zero-order valence-electron chi connectivity index (χ0n) is 28.4. The minimum absolute atomic E-state index is 0.0868. The van der Waals surface area contributed by atoms with Gasteiger partial charge in [0, 0.05) is 18.0 Å². The van der Waals surface area contributed by atoms with Crippen molar-refractivity contribution in [2.75, 3.05) is 21.2 Å². The Bertz CT molecular complexity index is 1460. The van der Waals surface area contributed by atoms with Crippen molar-refractivity contribution in [3.63, 3.8) is 0 Å². The molecular weight excluding hydrogens is 592 g/mol. The maximum atomic E-state index is 14.1. The summed E-state index contributed by atoms with van der Waals surface area (Å²) < 4.78 is 32.9. The van der Waals surface area contributed by atoms with Gasteiger partial charge in [-0.15, -0.1) is 0 Å². The van der Waals surface area contributed by atoms with E-state index in [1.54, 1.807) is 20.2 Å². The van der Waals surface area contributed by atoms with Crippen LogP contribution in [0.4, 0.5) is 0 Å². The summed E-state index contributed by atoms with van der Waals surface area (Å²) in [7, 11) is 0.668. The highest BCUT2D eigenvalue weighted by molar-refractivity contribution is 7.90. The summed E-state index contributed by atoms with van der Waals surface area (Å²) in [5.41, 5.74) is -0.137. The Hall–Kier alpha value is -3.70. The highest BCUT2D eigenvalue weighted by Gasteiger charge is 2.41. The molecule has 0 aliphatic heterocycles. The second kappa shape index (κ2) is 15.1. The number of benzene rings is 2. The van der Waals surface area contributed by atoms with Crippen LogP contribution in [0.15, 0.2) is 71.1 Å². The summed E-state index contributed by atoms with van der Waals surface area (Å²) in [6.07, 6.45) is 1.58. The number of rotatable bonds is 13. The van der Waals surface area contributed by atoms with Gasteiger partial charge in [0.2, 0.25) is 11.8 Å². The molecule has 0 fully saturated rings. The number of hydrogen-bond acceptors (Lipinski definition) is 7. The Balaban J connectivity index is 2.32. The lowest BCUT2D eigenvalue weighted by atomic mass is 9.76. The van der Waals surface area contributed by atoms with Crippen LogP contribution in [0.1, 0.15) is 61.0 Å². The molecule has 10 nitrogen and oxygen atoms in total.